The number of nitrogens with one attached hydrogen (secondary N) is 3. The average Bonchev–Trinajstić information content (AvgIpc) is 3.18. The molecule has 13 N–H and O–H groups in total. The van der Waals surface area contributed by atoms with Crippen LogP contribution < -0.4 is 38.4 Å². The molecule has 0 bridgehead atoms. The Morgan fingerprint density at radius 2 is 1.79 bits per heavy atom. The lowest BCUT2D eigenvalue weighted by atomic mass is 9.97. The summed E-state index contributed by atoms with van der Waals surface area (Å²) in [6.45, 7) is 1.84. The van der Waals surface area contributed by atoms with E-state index in [1.165, 1.54) is 13.1 Å². The number of fused-ring (bicyclic) bond motifs is 1. The quantitative estimate of drug-likeness (QED) is 0.0773. The van der Waals surface area contributed by atoms with E-state index in [0.29, 0.717) is 23.0 Å². The van der Waals surface area contributed by atoms with Crippen molar-refractivity contribution in [3.63, 3.8) is 0 Å². The van der Waals surface area contributed by atoms with Crippen molar-refractivity contribution >= 4 is 42.9 Å². The highest BCUT2D eigenvalue weighted by Gasteiger charge is 2.31. The van der Waals surface area contributed by atoms with Crippen molar-refractivity contribution in [2.24, 2.45) is 27.6 Å². The Bertz CT molecular complexity index is 1420. The summed E-state index contributed by atoms with van der Waals surface area (Å²) in [5, 5.41) is 9.12. The molecule has 0 amide bonds. The first-order chi connectivity index (χ1) is 16.0. The molecule has 0 unspecified atom stereocenters. The van der Waals surface area contributed by atoms with Gasteiger partial charge in [0.05, 0.1) is 11.0 Å². The number of hydrazine groups is 1. The van der Waals surface area contributed by atoms with Crippen LogP contribution >= 0.6 is 0 Å². The van der Waals surface area contributed by atoms with Crippen LogP contribution in [0.5, 0.6) is 0 Å². The van der Waals surface area contributed by atoms with E-state index < -0.39 is 35.7 Å². The molecule has 14 nitrogen and oxygen atoms in total. The third-order valence-corrected chi connectivity index (χ3v) is 7.13. The summed E-state index contributed by atoms with van der Waals surface area (Å²) < 4.78 is 53.3. The van der Waals surface area contributed by atoms with E-state index in [0.717, 1.165) is 6.07 Å². The zero-order valence-corrected chi connectivity index (χ0v) is 20.2. The number of hydrogen-bond acceptors (Lipinski definition) is 10. The van der Waals surface area contributed by atoms with E-state index in [4.69, 9.17) is 22.4 Å². The fourth-order valence-electron chi connectivity index (χ4n) is 3.24. The Labute approximate surface area is 197 Å². The molecule has 0 saturated carbocycles. The van der Waals surface area contributed by atoms with Gasteiger partial charge in [0.25, 0.3) is 0 Å². The zero-order chi connectivity index (χ0) is 25.7. The maximum absolute atomic E-state index is 12.9. The second-order valence-corrected chi connectivity index (χ2v) is 9.94. The average molecular weight is 513 g/mol. The van der Waals surface area contributed by atoms with Crippen molar-refractivity contribution < 1.29 is 16.8 Å². The number of aromatic amines is 1. The highest BCUT2D eigenvalue weighted by Crippen LogP contribution is 2.36. The van der Waals surface area contributed by atoms with Crippen molar-refractivity contribution in [1.29, 1.82) is 0 Å². The number of amidine groups is 1. The standard InChI is InChI=1S/C17H23N9O4S2.CH5N/c1-2-8-22-32(29,30)12-7-6-9(10-4-3-5-11-14(10)24-17(19)23-11)13(16(18)25-26-20)15(12)31(21,27)28;1-2/h3-7,22,26H,2,8,20H2,1H3,(H2,18,25)(H3,19,23,24)(H2,21,27,28);2H2,1H3. The number of nitrogen functional groups attached to an aromatic ring is 1. The van der Waals surface area contributed by atoms with Crippen LogP contribution in [0.15, 0.2) is 45.2 Å². The number of nitrogens with zero attached hydrogens (tertiary/aromatic N) is 2. The lowest BCUT2D eigenvalue weighted by molar-refractivity contribution is 0.572. The molecule has 186 valence electrons. The summed E-state index contributed by atoms with van der Waals surface area (Å²) in [6.07, 6.45) is 0.484. The summed E-state index contributed by atoms with van der Waals surface area (Å²) >= 11 is 0. The number of hydrazone groups is 1. The normalized spacial score (nSPS) is 12.3. The topological polar surface area (TPSA) is 263 Å². The molecule has 34 heavy (non-hydrogen) atoms. The predicted molar refractivity (Wildman–Crippen MR) is 131 cm³/mol. The Kier molecular flexibility index (Phi) is 8.54. The van der Waals surface area contributed by atoms with E-state index in [-0.39, 0.29) is 23.6 Å². The minimum Gasteiger partial charge on any atom is -0.382 e. The van der Waals surface area contributed by atoms with Crippen molar-refractivity contribution in [3.8, 4) is 11.1 Å². The minimum atomic E-state index is -4.62. The molecule has 1 heterocycles. The number of nitrogens with two attached hydrogens (primary N) is 5. The van der Waals surface area contributed by atoms with Crippen LogP contribution in [-0.4, -0.2) is 46.2 Å². The van der Waals surface area contributed by atoms with Crippen LogP contribution in [0.4, 0.5) is 5.95 Å². The van der Waals surface area contributed by atoms with Crippen LogP contribution in [0.2, 0.25) is 0 Å². The van der Waals surface area contributed by atoms with Crippen LogP contribution in [0.1, 0.15) is 18.9 Å². The second kappa shape index (κ2) is 10.8. The predicted octanol–water partition coefficient (Wildman–Crippen LogP) is -1.19. The third-order valence-electron chi connectivity index (χ3n) is 4.50. The van der Waals surface area contributed by atoms with Gasteiger partial charge in [0.15, 0.2) is 11.8 Å². The van der Waals surface area contributed by atoms with Gasteiger partial charge in [-0.15, -0.1) is 5.10 Å². The number of H-pyrrole nitrogens is 1. The van der Waals surface area contributed by atoms with E-state index in [1.807, 2.05) is 5.53 Å². The molecular weight excluding hydrogens is 484 g/mol. The lowest BCUT2D eigenvalue weighted by Gasteiger charge is -2.18. The van der Waals surface area contributed by atoms with Gasteiger partial charge < -0.3 is 22.2 Å². The van der Waals surface area contributed by atoms with Gasteiger partial charge in [0.2, 0.25) is 20.0 Å². The van der Waals surface area contributed by atoms with Crippen LogP contribution in [0.3, 0.4) is 0 Å². The molecule has 1 aromatic heterocycles. The SMILES string of the molecule is CCCNS(=O)(=O)c1ccc(-c2cccc3[nH]c(N)nc23)c(/C(N)=N/NN)c1S(N)(=O)=O.CN. The minimum absolute atomic E-state index is 0.0866. The molecular formula is C18H28N10O4S2. The molecule has 0 aliphatic heterocycles. The first kappa shape index (κ1) is 27.0. The molecule has 3 rings (SSSR count). The third kappa shape index (κ3) is 5.44. The summed E-state index contributed by atoms with van der Waals surface area (Å²) in [5.74, 6) is 4.97. The molecule has 0 aliphatic carbocycles. The van der Waals surface area contributed by atoms with E-state index in [1.54, 1.807) is 25.1 Å². The van der Waals surface area contributed by atoms with Crippen LogP contribution in [0.25, 0.3) is 22.2 Å². The smallest absolute Gasteiger partial charge is 0.241 e. The maximum atomic E-state index is 12.9. The fourth-order valence-corrected chi connectivity index (χ4v) is 5.99. The van der Waals surface area contributed by atoms with E-state index in [2.05, 4.69) is 25.5 Å². The molecule has 0 fully saturated rings. The van der Waals surface area contributed by atoms with Gasteiger partial charge in [-0.1, -0.05) is 25.1 Å². The Balaban J connectivity index is 0.00000199. The van der Waals surface area contributed by atoms with Crippen molar-refractivity contribution in [2.75, 3.05) is 19.3 Å². The number of aromatic nitrogens is 2. The largest absolute Gasteiger partial charge is 0.382 e. The number of anilines is 1. The van der Waals surface area contributed by atoms with Crippen LogP contribution in [0, 0.1) is 0 Å². The highest BCUT2D eigenvalue weighted by atomic mass is 32.2. The summed E-state index contributed by atoms with van der Waals surface area (Å²) in [4.78, 5) is 5.80. The second-order valence-electron chi connectivity index (χ2n) is 6.71. The molecule has 3 aromatic rings. The van der Waals surface area contributed by atoms with Gasteiger partial charge in [-0.2, -0.15) is 0 Å². The van der Waals surface area contributed by atoms with Crippen molar-refractivity contribution in [2.45, 2.75) is 23.1 Å². The van der Waals surface area contributed by atoms with Gasteiger partial charge in [0.1, 0.15) is 9.79 Å². The number of primary sulfonamides is 1. The zero-order valence-electron chi connectivity index (χ0n) is 18.5. The summed E-state index contributed by atoms with van der Waals surface area (Å²) in [6, 6.07) is 7.56. The first-order valence-corrected chi connectivity index (χ1v) is 12.8. The fraction of sp³-hybridized carbons (Fsp3) is 0.222. The number of hydrogen-bond donors (Lipinski definition) is 8. The molecule has 0 radical (unpaired) electrons. The van der Waals surface area contributed by atoms with E-state index in [9.17, 15) is 16.8 Å². The van der Waals surface area contributed by atoms with Gasteiger partial charge in [0, 0.05) is 17.7 Å². The summed E-state index contributed by atoms with van der Waals surface area (Å²) in [7, 11) is -7.37. The molecule has 2 aromatic carbocycles. The van der Waals surface area contributed by atoms with Crippen molar-refractivity contribution in [3.05, 3.63) is 35.9 Å². The monoisotopic (exact) mass is 512 g/mol. The lowest BCUT2D eigenvalue weighted by Crippen LogP contribution is -2.31. The molecule has 0 atom stereocenters. The van der Waals surface area contributed by atoms with Crippen molar-refractivity contribution in [1.82, 2.24) is 20.2 Å². The first-order valence-electron chi connectivity index (χ1n) is 9.82. The molecule has 0 aliphatic rings. The Morgan fingerprint density at radius 3 is 2.38 bits per heavy atom. The number of sulfonamides is 2. The van der Waals surface area contributed by atoms with E-state index >= 15 is 0 Å². The highest BCUT2D eigenvalue weighted by molar-refractivity contribution is 7.92. The molecule has 0 spiro atoms. The maximum Gasteiger partial charge on any atom is 0.241 e. The van der Waals surface area contributed by atoms with Gasteiger partial charge in [-0.25, -0.2) is 43.1 Å². The number of para-hydroxylation sites is 1. The van der Waals surface area contributed by atoms with Crippen LogP contribution in [-0.2, 0) is 20.0 Å². The van der Waals surface area contributed by atoms with Gasteiger partial charge in [-0.05, 0) is 31.2 Å². The summed E-state index contributed by atoms with van der Waals surface area (Å²) in [5.41, 5.74) is 19.6. The molecule has 0 saturated heterocycles. The number of rotatable bonds is 8. The Morgan fingerprint density at radius 1 is 1.12 bits per heavy atom. The number of imidazole rings is 1. The number of benzene rings is 2. The molecule has 16 heteroatoms. The Hall–Kier alpha value is -3.28. The van der Waals surface area contributed by atoms with Gasteiger partial charge >= 0.3 is 0 Å². The van der Waals surface area contributed by atoms with Gasteiger partial charge in [-0.3, -0.25) is 0 Å².